The Morgan fingerprint density at radius 2 is 0.520 bits per heavy atom. The largest absolute Gasteiger partial charge is 0.392 e. The number of hydrogen-bond acceptors (Lipinski definition) is 10. The fraction of sp³-hybridized carbons (Fsp3) is 0.0686. The van der Waals surface area contributed by atoms with E-state index in [4.69, 9.17) is 17.3 Å². The first-order valence-corrected chi connectivity index (χ1v) is 39.1. The van der Waals surface area contributed by atoms with Crippen LogP contribution in [0.25, 0.3) is 56.6 Å². The summed E-state index contributed by atoms with van der Waals surface area (Å²) in [5.41, 5.74) is 14.7. The van der Waals surface area contributed by atoms with Gasteiger partial charge in [0.05, 0.1) is 6.61 Å². The molecule has 8 heterocycles. The zero-order valence-corrected chi connectivity index (χ0v) is 69.0. The third kappa shape index (κ3) is 26.7. The molecule has 0 aliphatic carbocycles. The molecule has 8 aromatic heterocycles. The minimum Gasteiger partial charge on any atom is -0.392 e. The summed E-state index contributed by atoms with van der Waals surface area (Å²) in [6.45, 7) is 11.3. The molecule has 0 bridgehead atoms. The lowest BCUT2D eigenvalue weighted by Gasteiger charge is -2.08. The molecule has 1 N–H and O–H groups in total. The second kappa shape index (κ2) is 44.8. The summed E-state index contributed by atoms with van der Waals surface area (Å²) in [7, 11) is 0. The number of Topliss-reactive ketones (excluding diaryl/α,β-unsaturated/α-hetero) is 1. The van der Waals surface area contributed by atoms with Gasteiger partial charge in [0.2, 0.25) is 0 Å². The average Bonchev–Trinajstić information content (AvgIpc) is 0.759. The summed E-state index contributed by atoms with van der Waals surface area (Å²) in [5.74, 6) is -0.971. The second-order valence-corrected chi connectivity index (χ2v) is 28.2. The van der Waals surface area contributed by atoms with Gasteiger partial charge in [-0.1, -0.05) is 164 Å². The van der Waals surface area contributed by atoms with Gasteiger partial charge in [-0.05, 0) is 244 Å². The summed E-state index contributed by atoms with van der Waals surface area (Å²) < 4.78 is 51.7. The molecule has 0 amide bonds. The summed E-state index contributed by atoms with van der Waals surface area (Å²) in [5, 5.41) is 8.93. The highest BCUT2D eigenvalue weighted by Gasteiger charge is 2.09. The standard InChI is InChI=1S/C17H13NO.C13H13NO2.C13H11NO2.2C12H10FNO.C12H11NO.C12H11NS.C11H8FNO/c19-17-12-11-15(14-7-3-1-4-8-14)13-18(17)16-9-5-2-6-10-16;1-10-2-7-13(16)14(8-10)12-5-3-11(9-15)4-6-12;1-10(15)11-7-8-13(16)14(9-11)12-5-3-2-4-6-12;2*1-9-2-7-12(15)14(8-9)11-5-3-10(13)4-6-11;2*1-10-7-8-12(14)13(9-10)11-5-3-2-4-6-11;12-9-4-6-10(7-5-9)13-8-2-1-3-11(13)14/h1-13H;2-8,15H,9H2,1H3;2-9H,1H3;2*2-8H,1H3;2*2-9H,1H3;1-8H. The lowest BCUT2D eigenvalue weighted by atomic mass is 10.1. The molecule has 0 aliphatic heterocycles. The van der Waals surface area contributed by atoms with Crippen molar-refractivity contribution in [2.24, 2.45) is 0 Å². The molecular formula is C102H87F3N8O9S. The molecule has 0 saturated carbocycles. The van der Waals surface area contributed by atoms with Gasteiger partial charge in [0.1, 0.15) is 22.1 Å². The van der Waals surface area contributed by atoms with Gasteiger partial charge in [0.15, 0.2) is 5.78 Å². The quantitative estimate of drug-likeness (QED) is 0.0961. The van der Waals surface area contributed by atoms with Crippen molar-refractivity contribution in [3.63, 3.8) is 0 Å². The SMILES string of the molecule is CC(=O)c1ccc(=O)n(-c2ccccc2)c1.Cc1ccc(=O)n(-c2ccc(CO)cc2)c1.Cc1ccc(=O)n(-c2ccc(F)cc2)c1.Cc1ccc(=O)n(-c2ccc(F)cc2)c1.Cc1ccc(=O)n(-c2ccccc2)c1.Cc1ccc(=S)n(-c2ccccc2)c1.O=c1ccc(-c2ccccc2)cn1-c1ccccc1.O=c1ccccn1-c1ccc(F)cc1. The molecule has 17 nitrogen and oxygen atoms in total. The minimum atomic E-state index is -0.308. The van der Waals surface area contributed by atoms with E-state index < -0.39 is 0 Å². The van der Waals surface area contributed by atoms with Crippen molar-refractivity contribution in [2.45, 2.75) is 48.1 Å². The molecule has 0 fully saturated rings. The lowest BCUT2D eigenvalue weighted by molar-refractivity contribution is 0.101. The third-order valence-corrected chi connectivity index (χ3v) is 18.6. The predicted octanol–water partition coefficient (Wildman–Crippen LogP) is 19.4. The molecule has 17 aromatic rings. The number of aliphatic hydroxyl groups excluding tert-OH is 1. The van der Waals surface area contributed by atoms with Gasteiger partial charge in [-0.2, -0.15) is 0 Å². The molecule has 9 aromatic carbocycles. The third-order valence-electron chi connectivity index (χ3n) is 18.3. The fourth-order valence-electron chi connectivity index (χ4n) is 11.9. The molecule has 123 heavy (non-hydrogen) atoms. The van der Waals surface area contributed by atoms with Crippen molar-refractivity contribution in [2.75, 3.05) is 0 Å². The monoisotopic (exact) mass is 1660 g/mol. The number of aliphatic hydroxyl groups is 1. The number of hydrogen-bond donors (Lipinski definition) is 1. The van der Waals surface area contributed by atoms with Gasteiger partial charge in [0, 0.05) is 143 Å². The number of carbonyl (C=O) groups excluding carboxylic acids is 1. The Labute approximate surface area is 713 Å². The van der Waals surface area contributed by atoms with Gasteiger partial charge < -0.3 is 9.67 Å². The molecule has 0 radical (unpaired) electrons. The van der Waals surface area contributed by atoms with E-state index in [0.717, 1.165) is 72.0 Å². The van der Waals surface area contributed by atoms with Crippen molar-refractivity contribution in [3.05, 3.63) is 535 Å². The normalized spacial score (nSPS) is 10.2. The number of halogens is 3. The number of carbonyl (C=O) groups is 1. The van der Waals surface area contributed by atoms with Gasteiger partial charge in [-0.3, -0.25) is 70.3 Å². The zero-order valence-electron chi connectivity index (χ0n) is 68.1. The number of ketones is 1. The van der Waals surface area contributed by atoms with Crippen LogP contribution in [0.4, 0.5) is 13.2 Å². The Hall–Kier alpha value is -15.6. The fourth-order valence-corrected chi connectivity index (χ4v) is 12.2. The van der Waals surface area contributed by atoms with Crippen LogP contribution >= 0.6 is 12.2 Å². The maximum Gasteiger partial charge on any atom is 0.255 e. The van der Waals surface area contributed by atoms with E-state index in [-0.39, 0.29) is 68.8 Å². The Balaban J connectivity index is 0.000000147. The van der Waals surface area contributed by atoms with Crippen LogP contribution in [0.15, 0.2) is 435 Å². The average molecular weight is 1660 g/mol. The van der Waals surface area contributed by atoms with Gasteiger partial charge in [-0.25, -0.2) is 13.2 Å². The van der Waals surface area contributed by atoms with E-state index in [2.05, 4.69) is 25.3 Å². The van der Waals surface area contributed by atoms with Gasteiger partial charge >= 0.3 is 0 Å². The zero-order chi connectivity index (χ0) is 87.7. The van der Waals surface area contributed by atoms with Crippen molar-refractivity contribution in [1.29, 1.82) is 0 Å². The molecule has 0 atom stereocenters. The first-order valence-electron chi connectivity index (χ1n) is 38.7. The number of rotatable bonds is 11. The van der Waals surface area contributed by atoms with E-state index in [9.17, 15) is 51.5 Å². The van der Waals surface area contributed by atoms with Crippen LogP contribution in [-0.4, -0.2) is 47.4 Å². The van der Waals surface area contributed by atoms with Crippen molar-refractivity contribution < 1.29 is 23.1 Å². The number of aryl methyl sites for hydroxylation is 5. The summed E-state index contributed by atoms with van der Waals surface area (Å²) in [4.78, 5) is 92.4. The summed E-state index contributed by atoms with van der Waals surface area (Å²) in [6, 6.07) is 102. The molecule has 17 rings (SSSR count). The highest BCUT2D eigenvalue weighted by molar-refractivity contribution is 7.71. The molecular weight excluding hydrogens is 1570 g/mol. The number of para-hydroxylation sites is 4. The Morgan fingerprint density at radius 1 is 0.260 bits per heavy atom. The number of pyridine rings is 8. The van der Waals surface area contributed by atoms with Crippen molar-refractivity contribution in [3.8, 4) is 56.6 Å². The highest BCUT2D eigenvalue weighted by Crippen LogP contribution is 2.20. The minimum absolute atomic E-state index is 0.00167. The maximum atomic E-state index is 12.7. The molecule has 0 aliphatic rings. The lowest BCUT2D eigenvalue weighted by Crippen LogP contribution is -2.17. The van der Waals surface area contributed by atoms with E-state index in [1.807, 2.05) is 233 Å². The number of aromatic nitrogens is 8. The van der Waals surface area contributed by atoms with Gasteiger partial charge in [-0.15, -0.1) is 0 Å². The van der Waals surface area contributed by atoms with Crippen LogP contribution in [-0.2, 0) is 6.61 Å². The predicted molar refractivity (Wildman–Crippen MR) is 486 cm³/mol. The van der Waals surface area contributed by atoms with Crippen LogP contribution in [0, 0.1) is 56.7 Å². The molecule has 0 unspecified atom stereocenters. The molecule has 0 spiro atoms. The first-order chi connectivity index (χ1) is 59.4. The van der Waals surface area contributed by atoms with Crippen LogP contribution < -0.4 is 38.9 Å². The molecule has 0 saturated heterocycles. The Bertz CT molecular complexity index is 6650. The topological polar surface area (TPSA) is 196 Å². The van der Waals surface area contributed by atoms with Crippen LogP contribution in [0.5, 0.6) is 0 Å². The van der Waals surface area contributed by atoms with Crippen molar-refractivity contribution >= 4 is 18.0 Å². The molecule has 616 valence electrons. The van der Waals surface area contributed by atoms with E-state index in [1.54, 1.807) is 136 Å². The Kier molecular flexibility index (Phi) is 32.7. The number of nitrogens with zero attached hydrogens (tertiary/aromatic N) is 8. The van der Waals surface area contributed by atoms with E-state index in [1.165, 1.54) is 91.4 Å². The molecule has 21 heteroatoms. The second-order valence-electron chi connectivity index (χ2n) is 27.8. The smallest absolute Gasteiger partial charge is 0.255 e. The van der Waals surface area contributed by atoms with Crippen LogP contribution in [0.1, 0.15) is 50.7 Å². The van der Waals surface area contributed by atoms with E-state index in [0.29, 0.717) is 22.6 Å². The van der Waals surface area contributed by atoms with E-state index >= 15 is 0 Å². The van der Waals surface area contributed by atoms with Crippen LogP contribution in [0.3, 0.4) is 0 Å². The van der Waals surface area contributed by atoms with Crippen molar-refractivity contribution in [1.82, 2.24) is 36.5 Å². The van der Waals surface area contributed by atoms with Crippen LogP contribution in [0.2, 0.25) is 0 Å². The first kappa shape index (κ1) is 89.8. The Morgan fingerprint density at radius 3 is 0.862 bits per heavy atom. The van der Waals surface area contributed by atoms with Gasteiger partial charge in [0.25, 0.3) is 38.9 Å². The highest BCUT2D eigenvalue weighted by atomic mass is 32.1. The summed E-state index contributed by atoms with van der Waals surface area (Å²) >= 11 is 5.26. The summed E-state index contributed by atoms with van der Waals surface area (Å²) in [6.07, 6.45) is 14.3. The maximum absolute atomic E-state index is 12.7. The number of benzene rings is 9.